The van der Waals surface area contributed by atoms with E-state index in [0.717, 1.165) is 33.4 Å². The van der Waals surface area contributed by atoms with Gasteiger partial charge in [-0.25, -0.2) is 29.4 Å². The van der Waals surface area contributed by atoms with Crippen LogP contribution in [0.2, 0.25) is 0 Å². The van der Waals surface area contributed by atoms with Crippen LogP contribution in [0, 0.1) is 0 Å². The van der Waals surface area contributed by atoms with Crippen LogP contribution >= 0.6 is 0 Å². The third kappa shape index (κ3) is 4.66. The number of urea groups is 1. The van der Waals surface area contributed by atoms with Gasteiger partial charge in [0.2, 0.25) is 0 Å². The fourth-order valence-electron chi connectivity index (χ4n) is 3.77. The van der Waals surface area contributed by atoms with Crippen LogP contribution in [0.1, 0.15) is 35.7 Å². The summed E-state index contributed by atoms with van der Waals surface area (Å²) in [6, 6.07) is 1.76. The van der Waals surface area contributed by atoms with Gasteiger partial charge in [-0.05, 0) is 25.0 Å². The van der Waals surface area contributed by atoms with Crippen molar-refractivity contribution in [3.05, 3.63) is 59.8 Å². The molecule has 0 unspecified atom stereocenters. The van der Waals surface area contributed by atoms with Crippen molar-refractivity contribution in [2.75, 3.05) is 13.2 Å². The van der Waals surface area contributed by atoms with E-state index in [1.165, 1.54) is 37.3 Å². The molecule has 4 heterocycles. The molecule has 0 atom stereocenters. The van der Waals surface area contributed by atoms with Crippen molar-refractivity contribution in [1.82, 2.24) is 39.5 Å². The number of pyridine rings is 1. The summed E-state index contributed by atoms with van der Waals surface area (Å²) in [4.78, 5) is 43.5. The number of carbonyl (C=O) groups excluding carboxylic acids is 2. The van der Waals surface area contributed by atoms with Gasteiger partial charge in [-0.3, -0.25) is 14.6 Å². The van der Waals surface area contributed by atoms with Crippen molar-refractivity contribution >= 4 is 18.1 Å². The summed E-state index contributed by atoms with van der Waals surface area (Å²) in [6.07, 6.45) is 3.62. The van der Waals surface area contributed by atoms with Crippen LogP contribution in [0.5, 0.6) is 0 Å². The molecule has 1 saturated heterocycles. The Kier molecular flexibility index (Phi) is 5.96. The minimum atomic E-state index is -4.63. The zero-order chi connectivity index (χ0) is 25.4. The zero-order valence-corrected chi connectivity index (χ0v) is 18.6. The highest BCUT2D eigenvalue weighted by Gasteiger charge is 2.41. The maximum absolute atomic E-state index is 13.4. The summed E-state index contributed by atoms with van der Waals surface area (Å²) >= 11 is 0. The van der Waals surface area contributed by atoms with Crippen LogP contribution in [0.4, 0.5) is 18.0 Å². The summed E-state index contributed by atoms with van der Waals surface area (Å²) in [6.45, 7) is -0.631. The second-order valence-electron chi connectivity index (χ2n) is 8.30. The molecule has 0 spiro atoms. The molecule has 1 N–H and O–H groups in total. The highest BCUT2D eigenvalue weighted by molar-refractivity contribution is 6.13. The van der Waals surface area contributed by atoms with E-state index in [2.05, 4.69) is 25.0 Å². The van der Waals surface area contributed by atoms with Crippen molar-refractivity contribution in [2.24, 2.45) is 0 Å². The van der Waals surface area contributed by atoms with Gasteiger partial charge >= 0.3 is 12.2 Å². The molecule has 1 aliphatic carbocycles. The molecule has 14 heteroatoms. The van der Waals surface area contributed by atoms with Crippen LogP contribution in [0.15, 0.2) is 42.9 Å². The molecule has 0 aromatic carbocycles. The number of aromatic nitrogens is 6. The minimum Gasteiger partial charge on any atom is -0.395 e. The standard InChI is InChI=1S/C22H19F3N8O3/c23-22(24,25)18-6-15(5-16(29-18)14-1-2-14)19-28-12-31(30-19)10-17-20(35)33(21(36)32(17)3-4-34)9-13-7-26-11-27-8-13/h5-8,10-12,14,34H,1-4,9H2. The molecule has 2 fully saturated rings. The largest absolute Gasteiger partial charge is 0.433 e. The number of hydrogen-bond donors (Lipinski definition) is 1. The van der Waals surface area contributed by atoms with E-state index in [4.69, 9.17) is 0 Å². The van der Waals surface area contributed by atoms with E-state index in [1.807, 2.05) is 0 Å². The van der Waals surface area contributed by atoms with Crippen LogP contribution in [-0.4, -0.2) is 69.7 Å². The molecule has 11 nitrogen and oxygen atoms in total. The number of amides is 3. The number of hydrogen-bond acceptors (Lipinski definition) is 8. The Morgan fingerprint density at radius 1 is 1.11 bits per heavy atom. The Balaban J connectivity index is 1.46. The fourth-order valence-corrected chi connectivity index (χ4v) is 3.77. The van der Waals surface area contributed by atoms with Gasteiger partial charge in [-0.1, -0.05) is 0 Å². The van der Waals surface area contributed by atoms with Crippen molar-refractivity contribution < 1.29 is 27.9 Å². The Hall–Kier alpha value is -4.20. The van der Waals surface area contributed by atoms with Crippen molar-refractivity contribution in [1.29, 1.82) is 0 Å². The Labute approximate surface area is 201 Å². The van der Waals surface area contributed by atoms with Gasteiger partial charge in [0.15, 0.2) is 5.82 Å². The lowest BCUT2D eigenvalue weighted by Crippen LogP contribution is -2.33. The van der Waals surface area contributed by atoms with Gasteiger partial charge in [0.1, 0.15) is 24.0 Å². The number of nitrogens with zero attached hydrogens (tertiary/aromatic N) is 8. The third-order valence-electron chi connectivity index (χ3n) is 5.65. The lowest BCUT2D eigenvalue weighted by Gasteiger charge is -2.15. The van der Waals surface area contributed by atoms with Gasteiger partial charge in [0.05, 0.1) is 25.9 Å². The first kappa shape index (κ1) is 23.5. The molecular formula is C22H19F3N8O3. The number of aliphatic hydroxyl groups excluding tert-OH is 1. The third-order valence-corrected chi connectivity index (χ3v) is 5.65. The van der Waals surface area contributed by atoms with E-state index >= 15 is 0 Å². The average molecular weight is 500 g/mol. The number of rotatable bonds is 7. The summed E-state index contributed by atoms with van der Waals surface area (Å²) in [5, 5.41) is 13.6. The van der Waals surface area contributed by atoms with E-state index in [-0.39, 0.29) is 36.1 Å². The molecule has 0 bridgehead atoms. The van der Waals surface area contributed by atoms with Crippen molar-refractivity contribution in [3.63, 3.8) is 0 Å². The topological polar surface area (TPSA) is 130 Å². The number of β-amino-alcohol motifs (C(OH)–C–C–N with tert-alkyl or cyclic N) is 1. The number of aliphatic hydroxyl groups is 1. The van der Waals surface area contributed by atoms with E-state index in [0.29, 0.717) is 11.3 Å². The number of halogens is 3. The van der Waals surface area contributed by atoms with Crippen LogP contribution in [0.25, 0.3) is 17.6 Å². The van der Waals surface area contributed by atoms with Crippen molar-refractivity contribution in [2.45, 2.75) is 31.5 Å². The fraction of sp³-hybridized carbons (Fsp3) is 0.318. The highest BCUT2D eigenvalue weighted by atomic mass is 19.4. The minimum absolute atomic E-state index is 0.00502. The number of imide groups is 1. The quantitative estimate of drug-likeness (QED) is 0.386. The summed E-state index contributed by atoms with van der Waals surface area (Å²) in [7, 11) is 0. The second kappa shape index (κ2) is 9.11. The first-order chi connectivity index (χ1) is 17.2. The molecule has 5 rings (SSSR count). The average Bonchev–Trinajstić information content (AvgIpc) is 3.57. The maximum Gasteiger partial charge on any atom is 0.433 e. The van der Waals surface area contributed by atoms with Crippen molar-refractivity contribution in [3.8, 4) is 11.4 Å². The van der Waals surface area contributed by atoms with Crippen LogP contribution in [0.3, 0.4) is 0 Å². The molecule has 3 aromatic heterocycles. The summed E-state index contributed by atoms with van der Waals surface area (Å²) in [5.41, 5.74) is -0.101. The second-order valence-corrected chi connectivity index (χ2v) is 8.30. The molecule has 3 aromatic rings. The Bertz CT molecular complexity index is 1340. The monoisotopic (exact) mass is 500 g/mol. The molecule has 186 valence electrons. The van der Waals surface area contributed by atoms with Gasteiger partial charge < -0.3 is 5.11 Å². The molecular weight excluding hydrogens is 481 g/mol. The predicted octanol–water partition coefficient (Wildman–Crippen LogP) is 2.28. The molecule has 36 heavy (non-hydrogen) atoms. The summed E-state index contributed by atoms with van der Waals surface area (Å²) < 4.78 is 41.3. The lowest BCUT2D eigenvalue weighted by molar-refractivity contribution is -0.141. The Morgan fingerprint density at radius 2 is 1.86 bits per heavy atom. The molecule has 1 aliphatic heterocycles. The van der Waals surface area contributed by atoms with Crippen LogP contribution in [-0.2, 0) is 17.5 Å². The molecule has 1 saturated carbocycles. The van der Waals surface area contributed by atoms with Gasteiger partial charge in [0.25, 0.3) is 5.91 Å². The lowest BCUT2D eigenvalue weighted by atomic mass is 10.1. The SMILES string of the molecule is O=C1C(=Cn2cnc(-c3cc(C4CC4)nc(C(F)(F)F)c3)n2)N(CCO)C(=O)N1Cc1cncnc1. The molecule has 0 radical (unpaired) electrons. The predicted molar refractivity (Wildman–Crippen MR) is 116 cm³/mol. The first-order valence-corrected chi connectivity index (χ1v) is 10.9. The Morgan fingerprint density at radius 3 is 2.53 bits per heavy atom. The van der Waals surface area contributed by atoms with E-state index in [9.17, 15) is 27.9 Å². The van der Waals surface area contributed by atoms with Gasteiger partial charge in [-0.15, -0.1) is 5.10 Å². The highest BCUT2D eigenvalue weighted by Crippen LogP contribution is 2.41. The van der Waals surface area contributed by atoms with Gasteiger partial charge in [0, 0.05) is 35.1 Å². The zero-order valence-electron chi connectivity index (χ0n) is 18.6. The maximum atomic E-state index is 13.4. The van der Waals surface area contributed by atoms with Crippen LogP contribution < -0.4 is 0 Å². The molecule has 3 amide bonds. The van der Waals surface area contributed by atoms with Gasteiger partial charge in [-0.2, -0.15) is 13.2 Å². The number of carbonyl (C=O) groups is 2. The number of alkyl halides is 3. The van der Waals surface area contributed by atoms with E-state index < -0.39 is 30.4 Å². The summed E-state index contributed by atoms with van der Waals surface area (Å²) in [5.74, 6) is -0.663. The smallest absolute Gasteiger partial charge is 0.395 e. The van der Waals surface area contributed by atoms with E-state index in [1.54, 1.807) is 0 Å². The molecule has 2 aliphatic rings. The normalized spacial score (nSPS) is 17.5. The first-order valence-electron chi connectivity index (χ1n) is 10.9.